The van der Waals surface area contributed by atoms with E-state index in [0.29, 0.717) is 23.2 Å². The highest BCUT2D eigenvalue weighted by molar-refractivity contribution is 6.02. The van der Waals surface area contributed by atoms with Crippen molar-refractivity contribution in [2.75, 3.05) is 6.61 Å². The van der Waals surface area contributed by atoms with Gasteiger partial charge in [0.1, 0.15) is 0 Å². The molecule has 1 aromatic heterocycles. The Bertz CT molecular complexity index is 906. The predicted molar refractivity (Wildman–Crippen MR) is 102 cm³/mol. The van der Waals surface area contributed by atoms with Gasteiger partial charge in [-0.1, -0.05) is 38.0 Å². The maximum Gasteiger partial charge on any atom is 0.359 e. The van der Waals surface area contributed by atoms with E-state index in [2.05, 4.69) is 17.3 Å². The van der Waals surface area contributed by atoms with Crippen LogP contribution in [0.5, 0.6) is 0 Å². The topological polar surface area (TPSA) is 90.3 Å². The van der Waals surface area contributed by atoms with Gasteiger partial charge < -0.3 is 10.1 Å². The maximum atomic E-state index is 12.5. The summed E-state index contributed by atoms with van der Waals surface area (Å²) >= 11 is 0. The summed E-state index contributed by atoms with van der Waals surface area (Å²) in [6, 6.07) is 6.90. The summed E-state index contributed by atoms with van der Waals surface area (Å²) in [6.45, 7) is 3.88. The first kappa shape index (κ1) is 19.1. The molecule has 1 aromatic carbocycles. The standard InChI is InChI=1S/C20H25N3O4/c1-3-23-19(25)15-10-6-5-9-14(15)18(22-23)20(26)27-12-17(24)21-16-11-7-4-8-13(16)2/h5-6,9-10,13,16H,3-4,7-8,11-12H2,1-2H3,(H,21,24)/t13-,16-/m0/s1. The lowest BCUT2D eigenvalue weighted by Crippen LogP contribution is -2.43. The number of amides is 1. The zero-order valence-electron chi connectivity index (χ0n) is 15.7. The minimum absolute atomic E-state index is 0.0471. The minimum atomic E-state index is -0.708. The highest BCUT2D eigenvalue weighted by Gasteiger charge is 2.24. The lowest BCUT2D eigenvalue weighted by atomic mass is 9.86. The summed E-state index contributed by atoms with van der Waals surface area (Å²) < 4.78 is 6.41. The normalized spacial score (nSPS) is 19.6. The molecule has 1 amide bonds. The van der Waals surface area contributed by atoms with Crippen LogP contribution in [0, 0.1) is 5.92 Å². The maximum absolute atomic E-state index is 12.5. The first-order chi connectivity index (χ1) is 13.0. The largest absolute Gasteiger partial charge is 0.451 e. The SMILES string of the molecule is CCn1nc(C(=O)OCC(=O)N[C@H]2CCCC[C@@H]2C)c2ccccc2c1=O. The van der Waals surface area contributed by atoms with Crippen molar-refractivity contribution >= 4 is 22.6 Å². The summed E-state index contributed by atoms with van der Waals surface area (Å²) in [4.78, 5) is 37.0. The van der Waals surface area contributed by atoms with Crippen LogP contribution in [0.4, 0.5) is 0 Å². The molecule has 1 heterocycles. The Morgan fingerprint density at radius 3 is 2.63 bits per heavy atom. The second-order valence-corrected chi connectivity index (χ2v) is 7.03. The van der Waals surface area contributed by atoms with E-state index in [1.165, 1.54) is 11.1 Å². The number of fused-ring (bicyclic) bond motifs is 1. The van der Waals surface area contributed by atoms with Crippen LogP contribution in [0.1, 0.15) is 50.0 Å². The molecular weight excluding hydrogens is 346 g/mol. The molecule has 7 nitrogen and oxygen atoms in total. The second-order valence-electron chi connectivity index (χ2n) is 7.03. The van der Waals surface area contributed by atoms with Crippen LogP contribution in [0.25, 0.3) is 10.8 Å². The lowest BCUT2D eigenvalue weighted by Gasteiger charge is -2.29. The van der Waals surface area contributed by atoms with Crippen LogP contribution in [0.2, 0.25) is 0 Å². The Morgan fingerprint density at radius 1 is 1.22 bits per heavy atom. The van der Waals surface area contributed by atoms with Gasteiger partial charge in [-0.25, -0.2) is 9.48 Å². The zero-order chi connectivity index (χ0) is 19.4. The molecule has 0 unspecified atom stereocenters. The third-order valence-corrected chi connectivity index (χ3v) is 5.15. The van der Waals surface area contributed by atoms with E-state index in [-0.39, 0.29) is 29.8 Å². The van der Waals surface area contributed by atoms with E-state index in [4.69, 9.17) is 4.74 Å². The molecule has 1 aliphatic rings. The molecule has 3 rings (SSSR count). The van der Waals surface area contributed by atoms with Crippen molar-refractivity contribution in [3.8, 4) is 0 Å². The number of carbonyl (C=O) groups is 2. The molecule has 0 spiro atoms. The molecule has 0 aliphatic heterocycles. The predicted octanol–water partition coefficient (Wildman–Crippen LogP) is 2.27. The molecule has 0 radical (unpaired) electrons. The van der Waals surface area contributed by atoms with Gasteiger partial charge in [-0.3, -0.25) is 9.59 Å². The highest BCUT2D eigenvalue weighted by atomic mass is 16.5. The summed E-state index contributed by atoms with van der Waals surface area (Å²) in [5.74, 6) is -0.590. The highest BCUT2D eigenvalue weighted by Crippen LogP contribution is 2.23. The molecular formula is C20H25N3O4. The van der Waals surface area contributed by atoms with Gasteiger partial charge in [0.05, 0.1) is 5.39 Å². The summed E-state index contributed by atoms with van der Waals surface area (Å²) in [5, 5.41) is 7.91. The van der Waals surface area contributed by atoms with Crippen LogP contribution in [0.3, 0.4) is 0 Å². The molecule has 2 atom stereocenters. The number of carbonyl (C=O) groups excluding carboxylic acids is 2. The molecule has 0 saturated heterocycles. The van der Waals surface area contributed by atoms with Crippen molar-refractivity contribution in [3.05, 3.63) is 40.3 Å². The van der Waals surface area contributed by atoms with Crippen molar-refractivity contribution in [1.82, 2.24) is 15.1 Å². The van der Waals surface area contributed by atoms with Gasteiger partial charge >= 0.3 is 5.97 Å². The van der Waals surface area contributed by atoms with E-state index in [9.17, 15) is 14.4 Å². The molecule has 1 aliphatic carbocycles. The number of nitrogens with one attached hydrogen (secondary N) is 1. The first-order valence-electron chi connectivity index (χ1n) is 9.47. The van der Waals surface area contributed by atoms with Crippen LogP contribution in [0.15, 0.2) is 29.1 Å². The molecule has 1 fully saturated rings. The Kier molecular flexibility index (Phi) is 5.88. The number of esters is 1. The van der Waals surface area contributed by atoms with E-state index >= 15 is 0 Å². The third-order valence-electron chi connectivity index (χ3n) is 5.15. The average Bonchev–Trinajstić information content (AvgIpc) is 2.68. The second kappa shape index (κ2) is 8.33. The minimum Gasteiger partial charge on any atom is -0.451 e. The number of nitrogens with zero attached hydrogens (tertiary/aromatic N) is 2. The Labute approximate surface area is 157 Å². The number of hydrogen-bond acceptors (Lipinski definition) is 5. The van der Waals surface area contributed by atoms with Gasteiger partial charge in [0.25, 0.3) is 11.5 Å². The number of ether oxygens (including phenoxy) is 1. The molecule has 2 aromatic rings. The van der Waals surface area contributed by atoms with E-state index < -0.39 is 5.97 Å². The third kappa shape index (κ3) is 4.18. The Balaban J connectivity index is 1.72. The average molecular weight is 371 g/mol. The summed E-state index contributed by atoms with van der Waals surface area (Å²) in [7, 11) is 0. The molecule has 0 bridgehead atoms. The molecule has 1 saturated carbocycles. The number of benzene rings is 1. The van der Waals surface area contributed by atoms with Gasteiger partial charge in [0.2, 0.25) is 0 Å². The van der Waals surface area contributed by atoms with Crippen LogP contribution in [-0.2, 0) is 16.1 Å². The van der Waals surface area contributed by atoms with Crippen molar-refractivity contribution in [1.29, 1.82) is 0 Å². The summed E-state index contributed by atoms with van der Waals surface area (Å²) in [6.07, 6.45) is 4.34. The van der Waals surface area contributed by atoms with Crippen LogP contribution < -0.4 is 10.9 Å². The van der Waals surface area contributed by atoms with Gasteiger partial charge in [-0.15, -0.1) is 0 Å². The lowest BCUT2D eigenvalue weighted by molar-refractivity contribution is -0.125. The Hall–Kier alpha value is -2.70. The monoisotopic (exact) mass is 371 g/mol. The fourth-order valence-electron chi connectivity index (χ4n) is 3.58. The van der Waals surface area contributed by atoms with Crippen molar-refractivity contribution < 1.29 is 14.3 Å². The molecule has 27 heavy (non-hydrogen) atoms. The number of aromatic nitrogens is 2. The number of aryl methyl sites for hydroxylation is 1. The van der Waals surface area contributed by atoms with E-state index in [1.54, 1.807) is 31.2 Å². The van der Waals surface area contributed by atoms with Crippen molar-refractivity contribution in [3.63, 3.8) is 0 Å². The first-order valence-corrected chi connectivity index (χ1v) is 9.47. The van der Waals surface area contributed by atoms with Gasteiger partial charge in [-0.2, -0.15) is 5.10 Å². The zero-order valence-corrected chi connectivity index (χ0v) is 15.7. The van der Waals surface area contributed by atoms with Gasteiger partial charge in [0.15, 0.2) is 12.3 Å². The van der Waals surface area contributed by atoms with Crippen LogP contribution in [-0.4, -0.2) is 34.3 Å². The van der Waals surface area contributed by atoms with Crippen molar-refractivity contribution in [2.45, 2.75) is 52.1 Å². The molecule has 144 valence electrons. The Morgan fingerprint density at radius 2 is 1.93 bits per heavy atom. The number of hydrogen-bond donors (Lipinski definition) is 1. The van der Waals surface area contributed by atoms with Gasteiger partial charge in [0, 0.05) is 18.0 Å². The fourth-order valence-corrected chi connectivity index (χ4v) is 3.58. The molecule has 7 heteroatoms. The van der Waals surface area contributed by atoms with Gasteiger partial charge in [-0.05, 0) is 31.7 Å². The fraction of sp³-hybridized carbons (Fsp3) is 0.500. The van der Waals surface area contributed by atoms with E-state index in [0.717, 1.165) is 19.3 Å². The quantitative estimate of drug-likeness (QED) is 0.814. The van der Waals surface area contributed by atoms with Crippen LogP contribution >= 0.6 is 0 Å². The van der Waals surface area contributed by atoms with E-state index in [1.807, 2.05) is 0 Å². The summed E-state index contributed by atoms with van der Waals surface area (Å²) in [5.41, 5.74) is -0.209. The number of rotatable bonds is 5. The molecule has 1 N–H and O–H groups in total. The van der Waals surface area contributed by atoms with Crippen molar-refractivity contribution in [2.24, 2.45) is 5.92 Å². The smallest absolute Gasteiger partial charge is 0.359 e.